The van der Waals surface area contributed by atoms with Gasteiger partial charge in [0.05, 0.1) is 18.0 Å². The summed E-state index contributed by atoms with van der Waals surface area (Å²) in [4.78, 5) is 21.6. The number of hydrogen-bond acceptors (Lipinski definition) is 5. The summed E-state index contributed by atoms with van der Waals surface area (Å²) in [7, 11) is 0. The number of carbonyl (C=O) groups excluding carboxylic acids is 1. The van der Waals surface area contributed by atoms with Gasteiger partial charge in [0.2, 0.25) is 0 Å². The largest absolute Gasteiger partial charge is 0.466 e. The molecule has 7 heteroatoms. The summed E-state index contributed by atoms with van der Waals surface area (Å²) in [5, 5.41) is 10.9. The van der Waals surface area contributed by atoms with E-state index in [0.29, 0.717) is 4.47 Å². The average molecular weight is 303 g/mol. The number of anilines is 1. The fourth-order valence-electron chi connectivity index (χ4n) is 1.40. The van der Waals surface area contributed by atoms with E-state index >= 15 is 0 Å². The Morgan fingerprint density at radius 1 is 1.59 bits per heavy atom. The van der Waals surface area contributed by atoms with E-state index in [2.05, 4.69) is 15.9 Å². The normalized spacial score (nSPS) is 10.0. The summed E-state index contributed by atoms with van der Waals surface area (Å²) in [6.45, 7) is 1.90. The zero-order valence-corrected chi connectivity index (χ0v) is 10.7. The first-order chi connectivity index (χ1) is 7.95. The molecule has 0 aromatic heterocycles. The first-order valence-electron chi connectivity index (χ1n) is 4.83. The van der Waals surface area contributed by atoms with Crippen LogP contribution in [0.2, 0.25) is 0 Å². The third-order valence-corrected chi connectivity index (χ3v) is 2.46. The number of benzene rings is 1. The van der Waals surface area contributed by atoms with Crippen LogP contribution >= 0.6 is 15.9 Å². The zero-order chi connectivity index (χ0) is 13.0. The van der Waals surface area contributed by atoms with Crippen LogP contribution in [0.5, 0.6) is 0 Å². The van der Waals surface area contributed by atoms with Crippen LogP contribution in [0.25, 0.3) is 0 Å². The highest BCUT2D eigenvalue weighted by atomic mass is 79.9. The lowest BCUT2D eigenvalue weighted by Crippen LogP contribution is -2.10. The predicted octanol–water partition coefficient (Wildman–Crippen LogP) is 2.05. The molecule has 0 saturated heterocycles. The van der Waals surface area contributed by atoms with Crippen molar-refractivity contribution in [2.24, 2.45) is 0 Å². The van der Waals surface area contributed by atoms with Crippen molar-refractivity contribution < 1.29 is 14.5 Å². The molecule has 0 aliphatic carbocycles. The van der Waals surface area contributed by atoms with Gasteiger partial charge in [0, 0.05) is 10.0 Å². The van der Waals surface area contributed by atoms with Crippen molar-refractivity contribution in [1.29, 1.82) is 0 Å². The van der Waals surface area contributed by atoms with Gasteiger partial charge < -0.3 is 10.5 Å². The molecule has 0 atom stereocenters. The Morgan fingerprint density at radius 3 is 2.76 bits per heavy atom. The second-order valence-electron chi connectivity index (χ2n) is 3.24. The van der Waals surface area contributed by atoms with Crippen LogP contribution in [0.4, 0.5) is 11.4 Å². The molecule has 0 amide bonds. The van der Waals surface area contributed by atoms with E-state index in [1.165, 1.54) is 12.1 Å². The van der Waals surface area contributed by atoms with Crippen LogP contribution in [-0.2, 0) is 16.0 Å². The van der Waals surface area contributed by atoms with E-state index in [9.17, 15) is 14.9 Å². The number of ether oxygens (including phenoxy) is 1. The van der Waals surface area contributed by atoms with Gasteiger partial charge >= 0.3 is 5.97 Å². The Labute approximate surface area is 106 Å². The summed E-state index contributed by atoms with van der Waals surface area (Å²) in [6, 6.07) is 2.91. The number of nitro benzene ring substituents is 1. The SMILES string of the molecule is CCOC(=O)Cc1cc(Br)cc(N)c1[N+](=O)[O-]. The maximum absolute atomic E-state index is 11.3. The van der Waals surface area contributed by atoms with E-state index in [-0.39, 0.29) is 30.0 Å². The minimum atomic E-state index is -0.601. The van der Waals surface area contributed by atoms with Crippen LogP contribution in [0, 0.1) is 10.1 Å². The molecule has 0 heterocycles. The maximum Gasteiger partial charge on any atom is 0.310 e. The molecule has 1 aromatic rings. The number of rotatable bonds is 4. The standard InChI is InChI=1S/C10H11BrN2O4/c1-2-17-9(14)4-6-3-7(11)5-8(12)10(6)13(15)16/h3,5H,2,4,12H2,1H3. The maximum atomic E-state index is 11.3. The van der Waals surface area contributed by atoms with Crippen LogP contribution in [-0.4, -0.2) is 17.5 Å². The molecule has 0 radical (unpaired) electrons. The van der Waals surface area contributed by atoms with Crippen molar-refractivity contribution in [3.05, 3.63) is 32.3 Å². The molecule has 6 nitrogen and oxygen atoms in total. The zero-order valence-electron chi connectivity index (χ0n) is 9.10. The van der Waals surface area contributed by atoms with Crippen molar-refractivity contribution in [3.8, 4) is 0 Å². The minimum Gasteiger partial charge on any atom is -0.466 e. The molecule has 17 heavy (non-hydrogen) atoms. The predicted molar refractivity (Wildman–Crippen MR) is 65.5 cm³/mol. The second kappa shape index (κ2) is 5.62. The molecule has 0 spiro atoms. The summed E-state index contributed by atoms with van der Waals surface area (Å²) in [5.74, 6) is -0.520. The molecule has 1 rings (SSSR count). The van der Waals surface area contributed by atoms with Gasteiger partial charge in [0.1, 0.15) is 5.69 Å². The molecule has 0 fully saturated rings. The topological polar surface area (TPSA) is 95.5 Å². The van der Waals surface area contributed by atoms with Crippen molar-refractivity contribution >= 4 is 33.3 Å². The summed E-state index contributed by atoms with van der Waals surface area (Å²) in [5.41, 5.74) is 5.55. The third kappa shape index (κ3) is 3.42. The number of nitrogen functional groups attached to an aromatic ring is 1. The number of nitro groups is 1. The van der Waals surface area contributed by atoms with Gasteiger partial charge in [-0.25, -0.2) is 0 Å². The molecule has 0 saturated carbocycles. The number of nitrogens with two attached hydrogens (primary N) is 1. The fraction of sp³-hybridized carbons (Fsp3) is 0.300. The summed E-state index contributed by atoms with van der Waals surface area (Å²) < 4.78 is 5.33. The molecule has 0 bridgehead atoms. The Kier molecular flexibility index (Phi) is 4.45. The van der Waals surface area contributed by atoms with Gasteiger partial charge in [-0.05, 0) is 19.1 Å². The van der Waals surface area contributed by atoms with Crippen molar-refractivity contribution in [1.82, 2.24) is 0 Å². The van der Waals surface area contributed by atoms with E-state index in [4.69, 9.17) is 10.5 Å². The van der Waals surface area contributed by atoms with Crippen LogP contribution in [0.3, 0.4) is 0 Å². The Morgan fingerprint density at radius 2 is 2.24 bits per heavy atom. The highest BCUT2D eigenvalue weighted by Gasteiger charge is 2.21. The Balaban J connectivity index is 3.12. The average Bonchev–Trinajstić information content (AvgIpc) is 2.15. The van der Waals surface area contributed by atoms with E-state index in [1.54, 1.807) is 6.92 Å². The number of carbonyl (C=O) groups is 1. The molecule has 2 N–H and O–H groups in total. The quantitative estimate of drug-likeness (QED) is 0.397. The Bertz CT molecular complexity index is 462. The van der Waals surface area contributed by atoms with Crippen LogP contribution < -0.4 is 5.73 Å². The molecule has 0 aliphatic heterocycles. The lowest BCUT2D eigenvalue weighted by Gasteiger charge is -2.06. The van der Waals surface area contributed by atoms with Crippen molar-refractivity contribution in [2.75, 3.05) is 12.3 Å². The number of esters is 1. The minimum absolute atomic E-state index is 0.0173. The van der Waals surface area contributed by atoms with Gasteiger partial charge in [-0.3, -0.25) is 14.9 Å². The van der Waals surface area contributed by atoms with E-state index in [0.717, 1.165) is 0 Å². The third-order valence-electron chi connectivity index (χ3n) is 2.01. The van der Waals surface area contributed by atoms with Crippen molar-refractivity contribution in [2.45, 2.75) is 13.3 Å². The van der Waals surface area contributed by atoms with Crippen LogP contribution in [0.15, 0.2) is 16.6 Å². The number of hydrogen-bond donors (Lipinski definition) is 1. The molecular formula is C10H11BrN2O4. The number of halogens is 1. The highest BCUT2D eigenvalue weighted by molar-refractivity contribution is 9.10. The fourth-order valence-corrected chi connectivity index (χ4v) is 1.93. The van der Waals surface area contributed by atoms with Crippen LogP contribution in [0.1, 0.15) is 12.5 Å². The number of nitrogens with zero attached hydrogens (tertiary/aromatic N) is 1. The van der Waals surface area contributed by atoms with Gasteiger partial charge in [-0.2, -0.15) is 0 Å². The lowest BCUT2D eigenvalue weighted by molar-refractivity contribution is -0.384. The molecule has 0 aliphatic rings. The summed E-state index contributed by atoms with van der Waals surface area (Å²) in [6.07, 6.45) is -0.173. The first-order valence-corrected chi connectivity index (χ1v) is 5.63. The second-order valence-corrected chi connectivity index (χ2v) is 4.16. The molecular weight excluding hydrogens is 292 g/mol. The van der Waals surface area contributed by atoms with Crippen molar-refractivity contribution in [3.63, 3.8) is 0 Å². The highest BCUT2D eigenvalue weighted by Crippen LogP contribution is 2.30. The molecule has 1 aromatic carbocycles. The van der Waals surface area contributed by atoms with E-state index in [1.807, 2.05) is 0 Å². The van der Waals surface area contributed by atoms with E-state index < -0.39 is 10.9 Å². The van der Waals surface area contributed by atoms with Gasteiger partial charge in [0.15, 0.2) is 0 Å². The first kappa shape index (κ1) is 13.4. The lowest BCUT2D eigenvalue weighted by atomic mass is 10.1. The Hall–Kier alpha value is -1.63. The van der Waals surface area contributed by atoms with Gasteiger partial charge in [-0.1, -0.05) is 15.9 Å². The molecule has 0 unspecified atom stereocenters. The van der Waals surface area contributed by atoms with Gasteiger partial charge in [-0.15, -0.1) is 0 Å². The molecule has 92 valence electrons. The monoisotopic (exact) mass is 302 g/mol. The smallest absolute Gasteiger partial charge is 0.310 e. The summed E-state index contributed by atoms with van der Waals surface area (Å²) >= 11 is 3.17. The van der Waals surface area contributed by atoms with Gasteiger partial charge in [0.25, 0.3) is 5.69 Å².